The molecule has 1 aromatic rings. The number of halogens is 3. The topological polar surface area (TPSA) is 63.4 Å². The van der Waals surface area contributed by atoms with Crippen molar-refractivity contribution in [2.75, 3.05) is 19.6 Å². The Kier molecular flexibility index (Phi) is 4.21. The summed E-state index contributed by atoms with van der Waals surface area (Å²) >= 11 is 2.87. The average Bonchev–Trinajstić information content (AvgIpc) is 2.78. The minimum atomic E-state index is -3.98. The highest BCUT2D eigenvalue weighted by Crippen LogP contribution is 2.34. The highest BCUT2D eigenvalue weighted by Gasteiger charge is 2.40. The maximum absolute atomic E-state index is 13.8. The number of hydrogen-bond donors (Lipinski definition) is 1. The van der Waals surface area contributed by atoms with E-state index in [0.29, 0.717) is 19.0 Å². The van der Waals surface area contributed by atoms with Crippen LogP contribution in [0.25, 0.3) is 0 Å². The Hall–Kier alpha value is -0.570. The van der Waals surface area contributed by atoms with E-state index in [1.165, 1.54) is 4.31 Å². The summed E-state index contributed by atoms with van der Waals surface area (Å²) in [5.74, 6) is -1.93. The summed E-state index contributed by atoms with van der Waals surface area (Å²) in [4.78, 5) is -0.521. The minimum Gasteiger partial charge on any atom is -0.330 e. The van der Waals surface area contributed by atoms with Gasteiger partial charge in [0.05, 0.1) is 4.47 Å². The number of hydrogen-bond acceptors (Lipinski definition) is 3. The van der Waals surface area contributed by atoms with Crippen molar-refractivity contribution in [1.82, 2.24) is 4.31 Å². The summed E-state index contributed by atoms with van der Waals surface area (Å²) in [6.45, 7) is 2.76. The Balaban J connectivity index is 2.40. The molecule has 8 heteroatoms. The SMILES string of the molecule is CC1(CN)CCN(S(=O)(=O)c2cc(Br)c(F)cc2F)C1. The van der Waals surface area contributed by atoms with Crippen molar-refractivity contribution in [1.29, 1.82) is 0 Å². The third kappa shape index (κ3) is 2.74. The van der Waals surface area contributed by atoms with Crippen LogP contribution >= 0.6 is 15.9 Å². The molecule has 2 rings (SSSR count). The molecular formula is C12H15BrF2N2O2S. The molecule has 0 amide bonds. The maximum atomic E-state index is 13.8. The molecule has 4 nitrogen and oxygen atoms in total. The van der Waals surface area contributed by atoms with Gasteiger partial charge in [-0.3, -0.25) is 0 Å². The van der Waals surface area contributed by atoms with Crippen LogP contribution in [0.15, 0.2) is 21.5 Å². The summed E-state index contributed by atoms with van der Waals surface area (Å²) < 4.78 is 52.9. The van der Waals surface area contributed by atoms with Crippen LogP contribution in [0.3, 0.4) is 0 Å². The van der Waals surface area contributed by atoms with E-state index in [-0.39, 0.29) is 23.0 Å². The Morgan fingerprint density at radius 1 is 1.40 bits per heavy atom. The van der Waals surface area contributed by atoms with Gasteiger partial charge in [0.2, 0.25) is 10.0 Å². The van der Waals surface area contributed by atoms with E-state index in [1.54, 1.807) is 0 Å². The van der Waals surface area contributed by atoms with Gasteiger partial charge in [-0.05, 0) is 40.4 Å². The molecule has 0 saturated carbocycles. The van der Waals surface area contributed by atoms with Crippen molar-refractivity contribution >= 4 is 26.0 Å². The molecule has 1 saturated heterocycles. The number of sulfonamides is 1. The molecule has 1 unspecified atom stereocenters. The molecule has 0 radical (unpaired) electrons. The lowest BCUT2D eigenvalue weighted by atomic mass is 9.90. The van der Waals surface area contributed by atoms with Gasteiger partial charge in [0, 0.05) is 19.2 Å². The van der Waals surface area contributed by atoms with E-state index < -0.39 is 26.6 Å². The molecular weight excluding hydrogens is 354 g/mol. The molecule has 112 valence electrons. The molecule has 0 aliphatic carbocycles. The van der Waals surface area contributed by atoms with Gasteiger partial charge in [-0.2, -0.15) is 4.31 Å². The van der Waals surface area contributed by atoms with Crippen molar-refractivity contribution in [3.63, 3.8) is 0 Å². The smallest absolute Gasteiger partial charge is 0.246 e. The van der Waals surface area contributed by atoms with Crippen LogP contribution in [-0.4, -0.2) is 32.4 Å². The van der Waals surface area contributed by atoms with Gasteiger partial charge in [0.15, 0.2) is 0 Å². The quantitative estimate of drug-likeness (QED) is 0.830. The first-order valence-electron chi connectivity index (χ1n) is 6.04. The summed E-state index contributed by atoms with van der Waals surface area (Å²) in [5.41, 5.74) is 5.33. The largest absolute Gasteiger partial charge is 0.330 e. The third-order valence-corrected chi connectivity index (χ3v) is 6.08. The average molecular weight is 369 g/mol. The van der Waals surface area contributed by atoms with E-state index in [4.69, 9.17) is 5.73 Å². The standard InChI is InChI=1S/C12H15BrF2N2O2S/c1-12(6-16)2-3-17(7-12)20(18,19)11-4-8(13)9(14)5-10(11)15/h4-5H,2-3,6-7,16H2,1H3. The normalized spacial score (nSPS) is 24.2. The first-order chi connectivity index (χ1) is 9.19. The summed E-state index contributed by atoms with van der Waals surface area (Å²) in [5, 5.41) is 0. The minimum absolute atomic E-state index is 0.0849. The second-order valence-electron chi connectivity index (χ2n) is 5.30. The van der Waals surface area contributed by atoms with Crippen LogP contribution in [0.2, 0.25) is 0 Å². The van der Waals surface area contributed by atoms with Gasteiger partial charge in [-0.25, -0.2) is 17.2 Å². The van der Waals surface area contributed by atoms with Crippen LogP contribution in [0, 0.1) is 17.0 Å². The monoisotopic (exact) mass is 368 g/mol. The Bertz CT molecular complexity index is 639. The zero-order valence-corrected chi connectivity index (χ0v) is 13.3. The van der Waals surface area contributed by atoms with E-state index in [2.05, 4.69) is 15.9 Å². The second-order valence-corrected chi connectivity index (χ2v) is 8.06. The number of rotatable bonds is 3. The predicted octanol–water partition coefficient (Wildman–Crippen LogP) is 2.09. The molecule has 1 aromatic carbocycles. The van der Waals surface area contributed by atoms with Crippen molar-refractivity contribution in [2.24, 2.45) is 11.1 Å². The van der Waals surface area contributed by atoms with Gasteiger partial charge in [-0.1, -0.05) is 6.92 Å². The Morgan fingerprint density at radius 2 is 2.05 bits per heavy atom. The van der Waals surface area contributed by atoms with Gasteiger partial charge in [-0.15, -0.1) is 0 Å². The molecule has 0 spiro atoms. The molecule has 1 aliphatic heterocycles. The van der Waals surface area contributed by atoms with Crippen molar-refractivity contribution < 1.29 is 17.2 Å². The number of benzene rings is 1. The Labute approximate surface area is 125 Å². The molecule has 0 bridgehead atoms. The van der Waals surface area contributed by atoms with Crippen LogP contribution in [0.4, 0.5) is 8.78 Å². The molecule has 1 atom stereocenters. The van der Waals surface area contributed by atoms with Gasteiger partial charge in [0.1, 0.15) is 16.5 Å². The van der Waals surface area contributed by atoms with Crippen molar-refractivity contribution in [2.45, 2.75) is 18.2 Å². The van der Waals surface area contributed by atoms with Crippen LogP contribution < -0.4 is 5.73 Å². The van der Waals surface area contributed by atoms with Crippen molar-refractivity contribution in [3.8, 4) is 0 Å². The lowest BCUT2D eigenvalue weighted by molar-refractivity contribution is 0.349. The van der Waals surface area contributed by atoms with Crippen LogP contribution in [0.5, 0.6) is 0 Å². The predicted molar refractivity (Wildman–Crippen MR) is 74.6 cm³/mol. The lowest BCUT2D eigenvalue weighted by Crippen LogP contribution is -2.34. The first-order valence-corrected chi connectivity index (χ1v) is 8.28. The van der Waals surface area contributed by atoms with Gasteiger partial charge in [0.25, 0.3) is 0 Å². The molecule has 1 fully saturated rings. The zero-order chi connectivity index (χ0) is 15.1. The van der Waals surface area contributed by atoms with E-state index in [9.17, 15) is 17.2 Å². The zero-order valence-electron chi connectivity index (χ0n) is 10.9. The highest BCUT2D eigenvalue weighted by molar-refractivity contribution is 9.10. The van der Waals surface area contributed by atoms with E-state index in [1.807, 2.05) is 6.92 Å². The number of nitrogens with two attached hydrogens (primary N) is 1. The molecule has 20 heavy (non-hydrogen) atoms. The molecule has 2 N–H and O–H groups in total. The third-order valence-electron chi connectivity index (χ3n) is 3.61. The maximum Gasteiger partial charge on any atom is 0.246 e. The van der Waals surface area contributed by atoms with Crippen LogP contribution in [-0.2, 0) is 10.0 Å². The Morgan fingerprint density at radius 3 is 2.60 bits per heavy atom. The fourth-order valence-corrected chi connectivity index (χ4v) is 4.35. The van der Waals surface area contributed by atoms with Crippen LogP contribution in [0.1, 0.15) is 13.3 Å². The molecule has 1 aliphatic rings. The molecule has 0 aromatic heterocycles. The number of nitrogens with zero attached hydrogens (tertiary/aromatic N) is 1. The van der Waals surface area contributed by atoms with Gasteiger partial charge >= 0.3 is 0 Å². The summed E-state index contributed by atoms with van der Waals surface area (Å²) in [6.07, 6.45) is 0.618. The summed E-state index contributed by atoms with van der Waals surface area (Å²) in [6, 6.07) is 1.52. The van der Waals surface area contributed by atoms with Crippen molar-refractivity contribution in [3.05, 3.63) is 28.2 Å². The van der Waals surface area contributed by atoms with E-state index in [0.717, 1.165) is 6.07 Å². The first kappa shape index (κ1) is 15.8. The molecule has 1 heterocycles. The highest BCUT2D eigenvalue weighted by atomic mass is 79.9. The fourth-order valence-electron chi connectivity index (χ4n) is 2.19. The lowest BCUT2D eigenvalue weighted by Gasteiger charge is -2.22. The fraction of sp³-hybridized carbons (Fsp3) is 0.500. The summed E-state index contributed by atoms with van der Waals surface area (Å²) in [7, 11) is -3.98. The van der Waals surface area contributed by atoms with E-state index >= 15 is 0 Å². The van der Waals surface area contributed by atoms with Gasteiger partial charge < -0.3 is 5.73 Å². The second kappa shape index (κ2) is 5.32.